The minimum absolute atomic E-state index is 0.0748. The second kappa shape index (κ2) is 12.9. The van der Waals surface area contributed by atoms with Crippen LogP contribution in [0.3, 0.4) is 0 Å². The van der Waals surface area contributed by atoms with Crippen LogP contribution in [0, 0.1) is 11.3 Å². The number of piperazine rings is 1. The van der Waals surface area contributed by atoms with Crippen molar-refractivity contribution in [2.75, 3.05) is 58.3 Å². The number of anilines is 1. The number of sulfonamides is 1. The van der Waals surface area contributed by atoms with Gasteiger partial charge in [-0.25, -0.2) is 17.7 Å². The van der Waals surface area contributed by atoms with Crippen LogP contribution in [-0.4, -0.2) is 88.0 Å². The van der Waals surface area contributed by atoms with E-state index < -0.39 is 27.5 Å². The van der Waals surface area contributed by atoms with Gasteiger partial charge in [0.15, 0.2) is 5.54 Å². The molecule has 3 aromatic carbocycles. The van der Waals surface area contributed by atoms with E-state index >= 15 is 4.79 Å². The number of benzene rings is 3. The van der Waals surface area contributed by atoms with E-state index in [2.05, 4.69) is 27.9 Å². The molecule has 0 saturated carbocycles. The van der Waals surface area contributed by atoms with Gasteiger partial charge >= 0.3 is 0 Å². The summed E-state index contributed by atoms with van der Waals surface area (Å²) in [4.78, 5) is 26.7. The van der Waals surface area contributed by atoms with Crippen LogP contribution in [0.25, 0.3) is 0 Å². The van der Waals surface area contributed by atoms with Crippen LogP contribution in [0.5, 0.6) is 11.5 Å². The number of carbonyl (C=O) groups excluding carboxylic acids is 1. The number of likely N-dealkylation sites (tertiary alicyclic amines) is 1. The monoisotopic (exact) mass is 682 g/mol. The Balaban J connectivity index is 1.48. The minimum atomic E-state index is -4.46. The van der Waals surface area contributed by atoms with Crippen molar-refractivity contribution < 1.29 is 27.1 Å². The predicted molar refractivity (Wildman–Crippen MR) is 181 cm³/mol. The zero-order valence-electron chi connectivity index (χ0n) is 27.7. The van der Waals surface area contributed by atoms with Crippen molar-refractivity contribution in [3.8, 4) is 17.6 Å². The topological polar surface area (TPSA) is 132 Å². The number of amides is 1. The molecule has 2 saturated heterocycles. The Hall–Kier alpha value is -4.74. The second-order valence-electron chi connectivity index (χ2n) is 12.6. The van der Waals surface area contributed by atoms with Crippen LogP contribution < -0.4 is 13.8 Å². The summed E-state index contributed by atoms with van der Waals surface area (Å²) in [5.41, 5.74) is 0.564. The first-order valence-corrected chi connectivity index (χ1v) is 17.7. The molecule has 1 amide bonds. The number of likely N-dealkylation sites (N-methyl/N-ethyl adjacent to an activating group) is 1. The van der Waals surface area contributed by atoms with Gasteiger partial charge in [-0.15, -0.1) is 0 Å². The van der Waals surface area contributed by atoms with Gasteiger partial charge in [-0.3, -0.25) is 14.6 Å². The number of hydrogen-bond donors (Lipinski definition) is 0. The molecule has 3 aliphatic heterocycles. The first-order valence-electron chi connectivity index (χ1n) is 16.2. The lowest BCUT2D eigenvalue weighted by atomic mass is 9.79. The molecule has 1 unspecified atom stereocenters. The van der Waals surface area contributed by atoms with Gasteiger partial charge in [-0.05, 0) is 80.1 Å². The van der Waals surface area contributed by atoms with E-state index in [4.69, 9.17) is 13.9 Å². The minimum Gasteiger partial charge on any atom is -0.497 e. The fourth-order valence-electron chi connectivity index (χ4n) is 7.45. The molecule has 4 aromatic rings. The van der Waals surface area contributed by atoms with Gasteiger partial charge in [0.05, 0.1) is 48.7 Å². The zero-order valence-corrected chi connectivity index (χ0v) is 28.5. The van der Waals surface area contributed by atoms with Gasteiger partial charge in [0.2, 0.25) is 5.89 Å². The second-order valence-corrected chi connectivity index (χ2v) is 14.4. The van der Waals surface area contributed by atoms with Gasteiger partial charge in [-0.2, -0.15) is 5.26 Å². The Morgan fingerprint density at radius 2 is 1.76 bits per heavy atom. The molecule has 2 atom stereocenters. The summed E-state index contributed by atoms with van der Waals surface area (Å²) < 4.78 is 47.2. The van der Waals surface area contributed by atoms with Gasteiger partial charge in [0, 0.05) is 50.4 Å². The van der Waals surface area contributed by atoms with Crippen molar-refractivity contribution >= 4 is 21.6 Å². The van der Waals surface area contributed by atoms with Crippen LogP contribution in [0.4, 0.5) is 5.69 Å². The average Bonchev–Trinajstić information content (AvgIpc) is 3.88. The quantitative estimate of drug-likeness (QED) is 0.253. The Labute approximate surface area is 286 Å². The third kappa shape index (κ3) is 5.45. The number of nitriles is 1. The molecule has 0 aliphatic carbocycles. The van der Waals surface area contributed by atoms with Crippen molar-refractivity contribution in [1.29, 1.82) is 5.26 Å². The maximum absolute atomic E-state index is 15.6. The lowest BCUT2D eigenvalue weighted by molar-refractivity contribution is -0.127. The third-order valence-electron chi connectivity index (χ3n) is 9.90. The molecular weight excluding hydrogens is 644 g/mol. The lowest BCUT2D eigenvalue weighted by Crippen LogP contribution is -2.54. The van der Waals surface area contributed by atoms with Crippen LogP contribution in [0.2, 0.25) is 0 Å². The summed E-state index contributed by atoms with van der Waals surface area (Å²) in [7, 11) is 0.689. The van der Waals surface area contributed by atoms with Gasteiger partial charge in [0.25, 0.3) is 15.9 Å². The van der Waals surface area contributed by atoms with Crippen molar-refractivity contribution in [3.63, 3.8) is 0 Å². The first kappa shape index (κ1) is 32.8. The fourth-order valence-corrected chi connectivity index (χ4v) is 8.91. The standard InChI is InChI=1S/C36H38N6O6S/c1-39-16-18-40(19-17-39)24-26-7-13-33(47-3)30(22-26)36(41-15-4-5-32(41)34-38-14-20-48-34)29-21-25(23-37)6-12-31(29)42(35(36)43)49(44,45)28-10-8-27(46-2)9-11-28/h6-14,20-22,32H,4-5,15-19,24H2,1-3H3/t32-,36?/m0/s1. The zero-order chi connectivity index (χ0) is 34.3. The van der Waals surface area contributed by atoms with E-state index in [0.717, 1.165) is 36.0 Å². The molecule has 0 radical (unpaired) electrons. The van der Waals surface area contributed by atoms with Crippen molar-refractivity contribution in [3.05, 3.63) is 101 Å². The highest BCUT2D eigenvalue weighted by molar-refractivity contribution is 7.93. The van der Waals surface area contributed by atoms with E-state index in [1.807, 2.05) is 23.1 Å². The van der Waals surface area contributed by atoms with E-state index in [-0.39, 0.29) is 10.6 Å². The molecule has 4 heterocycles. The summed E-state index contributed by atoms with van der Waals surface area (Å²) >= 11 is 0. The summed E-state index contributed by atoms with van der Waals surface area (Å²) in [6.45, 7) is 4.73. The highest BCUT2D eigenvalue weighted by Crippen LogP contribution is 2.56. The highest BCUT2D eigenvalue weighted by Gasteiger charge is 2.63. The number of aromatic nitrogens is 1. The number of ether oxygens (including phenoxy) is 2. The molecule has 49 heavy (non-hydrogen) atoms. The summed E-state index contributed by atoms with van der Waals surface area (Å²) in [5, 5.41) is 10.1. The maximum atomic E-state index is 15.6. The van der Waals surface area contributed by atoms with Gasteiger partial charge in [0.1, 0.15) is 17.8 Å². The van der Waals surface area contributed by atoms with Crippen molar-refractivity contribution in [2.24, 2.45) is 0 Å². The van der Waals surface area contributed by atoms with Crippen LogP contribution >= 0.6 is 0 Å². The van der Waals surface area contributed by atoms with E-state index in [1.165, 1.54) is 31.6 Å². The number of nitrogens with zero attached hydrogens (tertiary/aromatic N) is 6. The molecule has 1 aromatic heterocycles. The van der Waals surface area contributed by atoms with Crippen molar-refractivity contribution in [1.82, 2.24) is 19.7 Å². The third-order valence-corrected chi connectivity index (χ3v) is 11.6. The van der Waals surface area contributed by atoms with Gasteiger partial charge < -0.3 is 18.8 Å². The Morgan fingerprint density at radius 3 is 2.43 bits per heavy atom. The SMILES string of the molecule is COc1ccc(S(=O)(=O)N2C(=O)C(c3cc(CN4CCN(C)CC4)ccc3OC)(N3CCC[C@H]3c3ncco3)c3cc(C#N)ccc32)cc1. The number of rotatable bonds is 9. The fraction of sp³-hybridized carbons (Fsp3) is 0.361. The van der Waals surface area contributed by atoms with Crippen LogP contribution in [-0.2, 0) is 26.9 Å². The Kier molecular flexibility index (Phi) is 8.66. The smallest absolute Gasteiger partial charge is 0.271 e. The Bertz CT molecular complexity index is 2000. The average molecular weight is 683 g/mol. The van der Waals surface area contributed by atoms with E-state index in [0.29, 0.717) is 60.0 Å². The molecule has 0 spiro atoms. The predicted octanol–water partition coefficient (Wildman–Crippen LogP) is 4.13. The Morgan fingerprint density at radius 1 is 0.980 bits per heavy atom. The molecule has 254 valence electrons. The van der Waals surface area contributed by atoms with Gasteiger partial charge in [-0.1, -0.05) is 6.07 Å². The van der Waals surface area contributed by atoms with Crippen molar-refractivity contribution in [2.45, 2.75) is 35.9 Å². The number of oxazole rings is 1. The summed E-state index contributed by atoms with van der Waals surface area (Å²) in [5.74, 6) is 0.631. The molecule has 12 nitrogen and oxygen atoms in total. The molecule has 7 rings (SSSR count). The largest absolute Gasteiger partial charge is 0.497 e. The lowest BCUT2D eigenvalue weighted by Gasteiger charge is -2.41. The van der Waals surface area contributed by atoms with Crippen LogP contribution in [0.15, 0.2) is 82.4 Å². The highest BCUT2D eigenvalue weighted by atomic mass is 32.2. The molecule has 3 aliphatic rings. The maximum Gasteiger partial charge on any atom is 0.271 e. The van der Waals surface area contributed by atoms with Crippen LogP contribution in [0.1, 0.15) is 47.0 Å². The van der Waals surface area contributed by atoms with E-state index in [1.54, 1.807) is 37.6 Å². The summed E-state index contributed by atoms with van der Waals surface area (Å²) in [6.07, 6.45) is 4.38. The molecule has 0 bridgehead atoms. The number of carbonyl (C=O) groups is 1. The molecular formula is C36H38N6O6S. The molecule has 2 fully saturated rings. The normalized spacial score (nSPS) is 21.9. The first-order chi connectivity index (χ1) is 23.7. The molecule has 0 N–H and O–H groups in total. The summed E-state index contributed by atoms with van der Waals surface area (Å²) in [6, 6.07) is 18.2. The number of hydrogen-bond acceptors (Lipinski definition) is 11. The molecule has 13 heteroatoms. The number of methoxy groups -OCH3 is 2. The number of fused-ring (bicyclic) bond motifs is 1. The van der Waals surface area contributed by atoms with E-state index in [9.17, 15) is 13.7 Å².